The van der Waals surface area contributed by atoms with Gasteiger partial charge in [-0.3, -0.25) is 4.90 Å². The van der Waals surface area contributed by atoms with E-state index < -0.39 is 0 Å². The number of carbonyl (C=O) groups is 1. The van der Waals surface area contributed by atoms with Gasteiger partial charge in [-0.15, -0.1) is 11.8 Å². The molecule has 3 heterocycles. The minimum absolute atomic E-state index is 0.0718. The molecule has 1 atom stereocenters. The summed E-state index contributed by atoms with van der Waals surface area (Å²) in [6, 6.07) is 3.94. The molecular weight excluding hydrogens is 286 g/mol. The van der Waals surface area contributed by atoms with Gasteiger partial charge in [0.15, 0.2) is 0 Å². The Kier molecular flexibility index (Phi) is 4.65. The second kappa shape index (κ2) is 6.66. The van der Waals surface area contributed by atoms with Crippen LogP contribution in [0.5, 0.6) is 0 Å². The van der Waals surface area contributed by atoms with Crippen LogP contribution in [0.1, 0.15) is 19.8 Å². The van der Waals surface area contributed by atoms with E-state index in [0.717, 1.165) is 42.5 Å². The summed E-state index contributed by atoms with van der Waals surface area (Å²) < 4.78 is 5.66. The number of amides is 2. The minimum Gasteiger partial charge on any atom is -0.376 e. The van der Waals surface area contributed by atoms with Crippen molar-refractivity contribution in [3.05, 3.63) is 18.3 Å². The number of carbonyl (C=O) groups excluding carboxylic acids is 1. The molecule has 6 heteroatoms. The molecule has 21 heavy (non-hydrogen) atoms. The first kappa shape index (κ1) is 14.7. The molecular formula is C15H21N3O2S. The van der Waals surface area contributed by atoms with Crippen molar-refractivity contribution >= 4 is 23.5 Å². The molecule has 1 unspecified atom stereocenters. The van der Waals surface area contributed by atoms with Crippen LogP contribution in [0.15, 0.2) is 23.4 Å². The lowest BCUT2D eigenvalue weighted by Gasteiger charge is -2.34. The molecule has 3 rings (SSSR count). The van der Waals surface area contributed by atoms with E-state index in [1.54, 1.807) is 18.0 Å². The van der Waals surface area contributed by atoms with E-state index in [0.29, 0.717) is 13.1 Å². The Morgan fingerprint density at radius 1 is 1.62 bits per heavy atom. The van der Waals surface area contributed by atoms with E-state index in [4.69, 9.17) is 4.74 Å². The number of hydrogen-bond acceptors (Lipinski definition) is 4. The summed E-state index contributed by atoms with van der Waals surface area (Å²) in [6.45, 7) is 4.98. The molecule has 5 nitrogen and oxygen atoms in total. The summed E-state index contributed by atoms with van der Waals surface area (Å²) in [5.74, 6) is 0.896. The van der Waals surface area contributed by atoms with Crippen molar-refractivity contribution in [2.75, 3.05) is 36.9 Å². The van der Waals surface area contributed by atoms with Crippen LogP contribution in [0, 0.1) is 0 Å². The molecule has 0 N–H and O–H groups in total. The molecule has 1 aromatic rings. The second-order valence-corrected chi connectivity index (χ2v) is 6.37. The van der Waals surface area contributed by atoms with Crippen molar-refractivity contribution in [1.82, 2.24) is 9.88 Å². The second-order valence-electron chi connectivity index (χ2n) is 5.28. The lowest BCUT2D eigenvalue weighted by atomic mass is 10.2. The lowest BCUT2D eigenvalue weighted by molar-refractivity contribution is 0.0838. The SMILES string of the molecule is CCN(CC1CCCO1)C(=O)N1CCSc2ncccc21. The summed E-state index contributed by atoms with van der Waals surface area (Å²) >= 11 is 1.71. The maximum absolute atomic E-state index is 12.8. The molecule has 0 bridgehead atoms. The first-order valence-electron chi connectivity index (χ1n) is 7.55. The van der Waals surface area contributed by atoms with Crippen molar-refractivity contribution in [2.24, 2.45) is 0 Å². The lowest BCUT2D eigenvalue weighted by Crippen LogP contribution is -2.48. The zero-order valence-corrected chi connectivity index (χ0v) is 13.1. The summed E-state index contributed by atoms with van der Waals surface area (Å²) in [6.07, 6.45) is 4.13. The van der Waals surface area contributed by atoms with Crippen LogP contribution in [0.3, 0.4) is 0 Å². The van der Waals surface area contributed by atoms with Gasteiger partial charge < -0.3 is 9.64 Å². The fourth-order valence-corrected chi connectivity index (χ4v) is 3.73. The van der Waals surface area contributed by atoms with Gasteiger partial charge in [0, 0.05) is 38.2 Å². The third-order valence-corrected chi connectivity index (χ3v) is 4.90. The largest absolute Gasteiger partial charge is 0.376 e. The molecule has 1 aromatic heterocycles. The summed E-state index contributed by atoms with van der Waals surface area (Å²) in [5.41, 5.74) is 0.935. The van der Waals surface area contributed by atoms with E-state index >= 15 is 0 Å². The van der Waals surface area contributed by atoms with Gasteiger partial charge in [0.25, 0.3) is 0 Å². The first-order chi connectivity index (χ1) is 10.3. The highest BCUT2D eigenvalue weighted by atomic mass is 32.2. The van der Waals surface area contributed by atoms with Crippen molar-refractivity contribution < 1.29 is 9.53 Å². The van der Waals surface area contributed by atoms with Crippen LogP contribution >= 0.6 is 11.8 Å². The third-order valence-electron chi connectivity index (χ3n) is 3.93. The Balaban J connectivity index is 1.74. The highest BCUT2D eigenvalue weighted by molar-refractivity contribution is 7.99. The first-order valence-corrected chi connectivity index (χ1v) is 8.54. The fourth-order valence-electron chi connectivity index (χ4n) is 2.80. The van der Waals surface area contributed by atoms with Gasteiger partial charge in [0.05, 0.1) is 11.8 Å². The maximum atomic E-state index is 12.8. The number of nitrogens with zero attached hydrogens (tertiary/aromatic N) is 3. The van der Waals surface area contributed by atoms with Crippen LogP contribution in [0.25, 0.3) is 0 Å². The zero-order valence-electron chi connectivity index (χ0n) is 12.3. The topological polar surface area (TPSA) is 45.7 Å². The minimum atomic E-state index is 0.0718. The van der Waals surface area contributed by atoms with Gasteiger partial charge >= 0.3 is 6.03 Å². The highest BCUT2D eigenvalue weighted by Gasteiger charge is 2.29. The smallest absolute Gasteiger partial charge is 0.324 e. The van der Waals surface area contributed by atoms with E-state index in [-0.39, 0.29) is 12.1 Å². The number of ether oxygens (including phenoxy) is 1. The Bertz CT molecular complexity index is 505. The number of rotatable bonds is 3. The van der Waals surface area contributed by atoms with Crippen molar-refractivity contribution in [3.8, 4) is 0 Å². The normalized spacial score (nSPS) is 21.2. The molecule has 2 aliphatic rings. The zero-order chi connectivity index (χ0) is 14.7. The van der Waals surface area contributed by atoms with Crippen molar-refractivity contribution in [2.45, 2.75) is 30.9 Å². The van der Waals surface area contributed by atoms with Gasteiger partial charge in [-0.2, -0.15) is 0 Å². The fraction of sp³-hybridized carbons (Fsp3) is 0.600. The quantitative estimate of drug-likeness (QED) is 0.861. The van der Waals surface area contributed by atoms with E-state index in [2.05, 4.69) is 4.98 Å². The van der Waals surface area contributed by atoms with Crippen LogP contribution in [0.4, 0.5) is 10.5 Å². The Morgan fingerprint density at radius 3 is 3.29 bits per heavy atom. The monoisotopic (exact) mass is 307 g/mol. The highest BCUT2D eigenvalue weighted by Crippen LogP contribution is 2.33. The molecule has 2 aliphatic heterocycles. The molecule has 0 radical (unpaired) electrons. The maximum Gasteiger partial charge on any atom is 0.324 e. The number of pyridine rings is 1. The van der Waals surface area contributed by atoms with Gasteiger partial charge in [-0.1, -0.05) is 0 Å². The number of fused-ring (bicyclic) bond motifs is 1. The van der Waals surface area contributed by atoms with E-state index in [1.165, 1.54) is 0 Å². The predicted octanol–water partition coefficient (Wildman–Crippen LogP) is 2.61. The van der Waals surface area contributed by atoms with Gasteiger partial charge in [-0.25, -0.2) is 9.78 Å². The number of urea groups is 1. The van der Waals surface area contributed by atoms with E-state index in [1.807, 2.05) is 28.9 Å². The van der Waals surface area contributed by atoms with Crippen molar-refractivity contribution in [3.63, 3.8) is 0 Å². The Labute approximate surface area is 129 Å². The average Bonchev–Trinajstić information content (AvgIpc) is 3.04. The standard InChI is InChI=1S/C15H21N3O2S/c1-2-17(11-12-5-4-9-20-12)15(19)18-8-10-21-14-13(18)6-3-7-16-14/h3,6-7,12H,2,4-5,8-11H2,1H3. The number of likely N-dealkylation sites (N-methyl/N-ethyl adjacent to an activating group) is 1. The molecule has 2 amide bonds. The molecule has 0 spiro atoms. The van der Waals surface area contributed by atoms with Crippen LogP contribution in [-0.2, 0) is 4.74 Å². The number of thioether (sulfide) groups is 1. The summed E-state index contributed by atoms with van der Waals surface area (Å²) in [4.78, 5) is 21.0. The van der Waals surface area contributed by atoms with E-state index in [9.17, 15) is 4.79 Å². The van der Waals surface area contributed by atoms with Gasteiger partial charge in [-0.05, 0) is 31.9 Å². The van der Waals surface area contributed by atoms with Crippen LogP contribution < -0.4 is 4.90 Å². The molecule has 0 aromatic carbocycles. The van der Waals surface area contributed by atoms with Crippen LogP contribution in [-0.4, -0.2) is 54.0 Å². The van der Waals surface area contributed by atoms with Gasteiger partial charge in [0.1, 0.15) is 5.03 Å². The summed E-state index contributed by atoms with van der Waals surface area (Å²) in [5, 5.41) is 0.949. The van der Waals surface area contributed by atoms with Crippen molar-refractivity contribution in [1.29, 1.82) is 0 Å². The number of hydrogen-bond donors (Lipinski definition) is 0. The van der Waals surface area contributed by atoms with Crippen LogP contribution in [0.2, 0.25) is 0 Å². The number of aromatic nitrogens is 1. The Hall–Kier alpha value is -1.27. The van der Waals surface area contributed by atoms with Gasteiger partial charge in [0.2, 0.25) is 0 Å². The third kappa shape index (κ3) is 3.16. The average molecular weight is 307 g/mol. The molecule has 114 valence electrons. The number of anilines is 1. The Morgan fingerprint density at radius 2 is 2.52 bits per heavy atom. The summed E-state index contributed by atoms with van der Waals surface area (Å²) in [7, 11) is 0. The molecule has 0 aliphatic carbocycles. The molecule has 1 saturated heterocycles. The molecule has 1 fully saturated rings. The molecule has 0 saturated carbocycles. The predicted molar refractivity (Wildman–Crippen MR) is 83.9 cm³/mol.